The summed E-state index contributed by atoms with van der Waals surface area (Å²) in [6.07, 6.45) is 1.26. The second kappa shape index (κ2) is 4.99. The van der Waals surface area contributed by atoms with Crippen LogP contribution in [0.5, 0.6) is 0 Å². The minimum absolute atomic E-state index is 0.0293. The molecule has 0 saturated carbocycles. The second-order valence-electron chi connectivity index (χ2n) is 4.27. The van der Waals surface area contributed by atoms with E-state index in [0.717, 1.165) is 12.0 Å². The number of nitrogens with one attached hydrogen (secondary N) is 1. The number of aryl methyl sites for hydroxylation is 1. The zero-order chi connectivity index (χ0) is 12.3. The molecule has 1 unspecified atom stereocenters. The van der Waals surface area contributed by atoms with Gasteiger partial charge in [-0.3, -0.25) is 4.79 Å². The van der Waals surface area contributed by atoms with Crippen LogP contribution >= 0.6 is 0 Å². The van der Waals surface area contributed by atoms with Gasteiger partial charge in [0.1, 0.15) is 6.61 Å². The topological polar surface area (TPSA) is 55.4 Å². The molecule has 1 fully saturated rings. The van der Waals surface area contributed by atoms with Crippen molar-refractivity contribution in [3.05, 3.63) is 35.4 Å². The Balaban J connectivity index is 1.87. The molecule has 1 aromatic rings. The maximum absolute atomic E-state index is 11.7. The Kier molecular flexibility index (Phi) is 3.42. The number of carbonyl (C=O) groups excluding carboxylic acids is 2. The SMILES string of the molecule is Cc1cccc(C(=O)OCC2CCC(=O)N2)c1. The van der Waals surface area contributed by atoms with Crippen LogP contribution in [0.4, 0.5) is 0 Å². The van der Waals surface area contributed by atoms with Crippen LogP contribution < -0.4 is 5.32 Å². The zero-order valence-electron chi connectivity index (χ0n) is 9.73. The predicted molar refractivity (Wildman–Crippen MR) is 62.6 cm³/mol. The van der Waals surface area contributed by atoms with Gasteiger partial charge in [0, 0.05) is 6.42 Å². The van der Waals surface area contributed by atoms with Gasteiger partial charge >= 0.3 is 5.97 Å². The van der Waals surface area contributed by atoms with E-state index >= 15 is 0 Å². The lowest BCUT2D eigenvalue weighted by Crippen LogP contribution is -2.30. The number of benzene rings is 1. The van der Waals surface area contributed by atoms with E-state index in [1.807, 2.05) is 19.1 Å². The van der Waals surface area contributed by atoms with E-state index in [4.69, 9.17) is 4.74 Å². The van der Waals surface area contributed by atoms with Crippen molar-refractivity contribution in [3.8, 4) is 0 Å². The fraction of sp³-hybridized carbons (Fsp3) is 0.385. The Bertz CT molecular complexity index is 442. The third-order valence-corrected chi connectivity index (χ3v) is 2.75. The molecule has 0 aliphatic carbocycles. The summed E-state index contributed by atoms with van der Waals surface area (Å²) in [7, 11) is 0. The van der Waals surface area contributed by atoms with Crippen LogP contribution in [0.25, 0.3) is 0 Å². The monoisotopic (exact) mass is 233 g/mol. The van der Waals surface area contributed by atoms with Gasteiger partial charge in [-0.1, -0.05) is 17.7 Å². The molecular weight excluding hydrogens is 218 g/mol. The molecule has 0 aromatic heterocycles. The first kappa shape index (κ1) is 11.6. The summed E-state index contributed by atoms with van der Waals surface area (Å²) >= 11 is 0. The smallest absolute Gasteiger partial charge is 0.338 e. The second-order valence-corrected chi connectivity index (χ2v) is 4.27. The van der Waals surface area contributed by atoms with Gasteiger partial charge in [0.05, 0.1) is 11.6 Å². The average molecular weight is 233 g/mol. The van der Waals surface area contributed by atoms with Crippen LogP contribution in [0.2, 0.25) is 0 Å². The fourth-order valence-electron chi connectivity index (χ4n) is 1.83. The lowest BCUT2D eigenvalue weighted by atomic mass is 10.1. The van der Waals surface area contributed by atoms with E-state index in [2.05, 4.69) is 5.32 Å². The maximum Gasteiger partial charge on any atom is 0.338 e. The minimum atomic E-state index is -0.338. The molecule has 1 heterocycles. The van der Waals surface area contributed by atoms with E-state index in [0.29, 0.717) is 12.0 Å². The van der Waals surface area contributed by atoms with Gasteiger partial charge in [0.25, 0.3) is 0 Å². The van der Waals surface area contributed by atoms with E-state index in [-0.39, 0.29) is 24.5 Å². The van der Waals surface area contributed by atoms with Gasteiger partial charge in [0.15, 0.2) is 0 Å². The van der Waals surface area contributed by atoms with Gasteiger partial charge in [-0.25, -0.2) is 4.79 Å². The van der Waals surface area contributed by atoms with Crippen LogP contribution in [0.3, 0.4) is 0 Å². The molecular formula is C13H15NO3. The van der Waals surface area contributed by atoms with Crippen LogP contribution in [0, 0.1) is 6.92 Å². The Morgan fingerprint density at radius 1 is 1.53 bits per heavy atom. The molecule has 1 aliphatic heterocycles. The first-order valence-corrected chi connectivity index (χ1v) is 5.68. The van der Waals surface area contributed by atoms with Gasteiger partial charge in [-0.05, 0) is 25.5 Å². The molecule has 1 aliphatic rings. The highest BCUT2D eigenvalue weighted by molar-refractivity contribution is 5.89. The number of hydrogen-bond donors (Lipinski definition) is 1. The van der Waals surface area contributed by atoms with Crippen molar-refractivity contribution in [3.63, 3.8) is 0 Å². The molecule has 1 amide bonds. The summed E-state index contributed by atoms with van der Waals surface area (Å²) in [5.74, 6) is -0.309. The summed E-state index contributed by atoms with van der Waals surface area (Å²) in [5.41, 5.74) is 1.57. The maximum atomic E-state index is 11.7. The summed E-state index contributed by atoms with van der Waals surface area (Å²) < 4.78 is 5.16. The molecule has 1 aromatic carbocycles. The molecule has 0 radical (unpaired) electrons. The zero-order valence-corrected chi connectivity index (χ0v) is 9.73. The number of hydrogen-bond acceptors (Lipinski definition) is 3. The van der Waals surface area contributed by atoms with E-state index in [1.165, 1.54) is 0 Å². The molecule has 90 valence electrons. The Morgan fingerprint density at radius 2 is 2.35 bits per heavy atom. The first-order chi connectivity index (χ1) is 8.15. The number of ether oxygens (including phenoxy) is 1. The standard InChI is InChI=1S/C13H15NO3/c1-9-3-2-4-10(7-9)13(16)17-8-11-5-6-12(15)14-11/h2-4,7,11H,5-6,8H2,1H3,(H,14,15). The molecule has 1 saturated heterocycles. The van der Waals surface area contributed by atoms with Gasteiger partial charge < -0.3 is 10.1 Å². The molecule has 0 spiro atoms. The minimum Gasteiger partial charge on any atom is -0.460 e. The number of esters is 1. The molecule has 2 rings (SSSR count). The van der Waals surface area contributed by atoms with Crippen LogP contribution in [0.15, 0.2) is 24.3 Å². The highest BCUT2D eigenvalue weighted by atomic mass is 16.5. The highest BCUT2D eigenvalue weighted by Gasteiger charge is 2.22. The quantitative estimate of drug-likeness (QED) is 0.803. The highest BCUT2D eigenvalue weighted by Crippen LogP contribution is 2.09. The van der Waals surface area contributed by atoms with E-state index in [1.54, 1.807) is 12.1 Å². The van der Waals surface area contributed by atoms with Crippen molar-refractivity contribution in [2.45, 2.75) is 25.8 Å². The average Bonchev–Trinajstić information content (AvgIpc) is 2.72. The lowest BCUT2D eigenvalue weighted by molar-refractivity contribution is -0.119. The van der Waals surface area contributed by atoms with Crippen LogP contribution in [0.1, 0.15) is 28.8 Å². The number of carbonyl (C=O) groups is 2. The summed E-state index contributed by atoms with van der Waals surface area (Å²) in [4.78, 5) is 22.7. The van der Waals surface area contributed by atoms with Gasteiger partial charge in [-0.2, -0.15) is 0 Å². The molecule has 17 heavy (non-hydrogen) atoms. The summed E-state index contributed by atoms with van der Waals surface area (Å²) in [6.45, 7) is 2.17. The molecule has 4 heteroatoms. The van der Waals surface area contributed by atoms with Crippen molar-refractivity contribution in [2.75, 3.05) is 6.61 Å². The van der Waals surface area contributed by atoms with Crippen molar-refractivity contribution in [1.29, 1.82) is 0 Å². The summed E-state index contributed by atoms with van der Waals surface area (Å²) in [5, 5.41) is 2.76. The van der Waals surface area contributed by atoms with Crippen LogP contribution in [-0.4, -0.2) is 24.5 Å². The molecule has 4 nitrogen and oxygen atoms in total. The first-order valence-electron chi connectivity index (χ1n) is 5.68. The van der Waals surface area contributed by atoms with Gasteiger partial charge in [-0.15, -0.1) is 0 Å². The Labute approximate surface area is 100.0 Å². The number of amides is 1. The van der Waals surface area contributed by atoms with Crippen LogP contribution in [-0.2, 0) is 9.53 Å². The van der Waals surface area contributed by atoms with Crippen molar-refractivity contribution < 1.29 is 14.3 Å². The van der Waals surface area contributed by atoms with Gasteiger partial charge in [0.2, 0.25) is 5.91 Å². The van der Waals surface area contributed by atoms with E-state index < -0.39 is 0 Å². The third kappa shape index (κ3) is 3.06. The van der Waals surface area contributed by atoms with Crippen molar-refractivity contribution in [2.24, 2.45) is 0 Å². The van der Waals surface area contributed by atoms with Crippen molar-refractivity contribution in [1.82, 2.24) is 5.32 Å². The summed E-state index contributed by atoms with van der Waals surface area (Å²) in [6, 6.07) is 7.23. The predicted octanol–water partition coefficient (Wildman–Crippen LogP) is 1.43. The van der Waals surface area contributed by atoms with Crippen molar-refractivity contribution >= 4 is 11.9 Å². The normalized spacial score (nSPS) is 18.9. The molecule has 1 N–H and O–H groups in total. The molecule has 0 bridgehead atoms. The largest absolute Gasteiger partial charge is 0.460 e. The Morgan fingerprint density at radius 3 is 3.00 bits per heavy atom. The Hall–Kier alpha value is -1.84. The third-order valence-electron chi connectivity index (χ3n) is 2.75. The lowest BCUT2D eigenvalue weighted by Gasteiger charge is -2.10. The number of rotatable bonds is 3. The fourth-order valence-corrected chi connectivity index (χ4v) is 1.83. The van der Waals surface area contributed by atoms with E-state index in [9.17, 15) is 9.59 Å². The molecule has 1 atom stereocenters.